The number of sulfonamides is 1. The van der Waals surface area contributed by atoms with Crippen molar-refractivity contribution in [3.05, 3.63) is 29.3 Å². The fourth-order valence-electron chi connectivity index (χ4n) is 2.29. The van der Waals surface area contributed by atoms with Gasteiger partial charge in [0.2, 0.25) is 21.1 Å². The summed E-state index contributed by atoms with van der Waals surface area (Å²) in [4.78, 5) is 12.4. The predicted octanol–water partition coefficient (Wildman–Crippen LogP) is 3.06. The van der Waals surface area contributed by atoms with Crippen molar-refractivity contribution in [1.82, 2.24) is 10.2 Å². The summed E-state index contributed by atoms with van der Waals surface area (Å²) in [5.74, 6) is 0.467. The van der Waals surface area contributed by atoms with E-state index in [1.54, 1.807) is 23.9 Å². The molecule has 0 fully saturated rings. The highest BCUT2D eigenvalue weighted by atomic mass is 32.2. The molecule has 0 aliphatic rings. The third-order valence-corrected chi connectivity index (χ3v) is 6.58. The fourth-order valence-corrected chi connectivity index (χ4v) is 4.83. The second-order valence-corrected chi connectivity index (χ2v) is 10.1. The van der Waals surface area contributed by atoms with Gasteiger partial charge in [-0.15, -0.1) is 10.2 Å². The van der Waals surface area contributed by atoms with Crippen molar-refractivity contribution < 1.29 is 13.2 Å². The molecule has 0 unspecified atom stereocenters. The average Bonchev–Trinajstić information content (AvgIpc) is 2.95. The summed E-state index contributed by atoms with van der Waals surface area (Å²) < 4.78 is 26.2. The Morgan fingerprint density at radius 2 is 1.88 bits per heavy atom. The van der Waals surface area contributed by atoms with Crippen LogP contribution >= 0.6 is 23.1 Å². The molecule has 0 bridgehead atoms. The number of benzene rings is 1. The van der Waals surface area contributed by atoms with Gasteiger partial charge in [-0.25, -0.2) is 8.42 Å². The smallest absolute Gasteiger partial charge is 0.246 e. The lowest BCUT2D eigenvalue weighted by Crippen LogP contribution is -2.37. The Morgan fingerprint density at radius 3 is 2.46 bits per heavy atom. The van der Waals surface area contributed by atoms with Gasteiger partial charge in [0.15, 0.2) is 4.34 Å². The second kappa shape index (κ2) is 8.83. The predicted molar refractivity (Wildman–Crippen MR) is 108 cm³/mol. The van der Waals surface area contributed by atoms with Gasteiger partial charge < -0.3 is 0 Å². The maximum atomic E-state index is 12.4. The quantitative estimate of drug-likeness (QED) is 0.527. The number of thioether (sulfide) groups is 1. The van der Waals surface area contributed by atoms with E-state index in [4.69, 9.17) is 0 Å². The normalized spacial score (nSPS) is 11.4. The molecule has 10 heteroatoms. The summed E-state index contributed by atoms with van der Waals surface area (Å²) in [6.07, 6.45) is 2.10. The summed E-state index contributed by atoms with van der Waals surface area (Å²) in [5.41, 5.74) is 2.32. The van der Waals surface area contributed by atoms with E-state index >= 15 is 0 Å². The van der Waals surface area contributed by atoms with Crippen LogP contribution in [0.1, 0.15) is 24.5 Å². The maximum Gasteiger partial charge on any atom is 0.246 e. The molecule has 0 atom stereocenters. The largest absolute Gasteiger partial charge is 0.299 e. The van der Waals surface area contributed by atoms with Gasteiger partial charge in [0.1, 0.15) is 6.54 Å². The number of anilines is 2. The zero-order chi connectivity index (χ0) is 19.3. The summed E-state index contributed by atoms with van der Waals surface area (Å²) in [5, 5.41) is 10.9. The number of aromatic nitrogens is 2. The second-order valence-electron chi connectivity index (χ2n) is 5.89. The van der Waals surface area contributed by atoms with Gasteiger partial charge in [-0.2, -0.15) is 0 Å². The van der Waals surface area contributed by atoms with Crippen molar-refractivity contribution >= 4 is 49.8 Å². The Kier molecular flexibility index (Phi) is 7.01. The van der Waals surface area contributed by atoms with E-state index in [1.165, 1.54) is 11.3 Å². The van der Waals surface area contributed by atoms with Crippen molar-refractivity contribution in [3.8, 4) is 0 Å². The molecule has 0 radical (unpaired) electrons. The zero-order valence-electron chi connectivity index (χ0n) is 15.1. The van der Waals surface area contributed by atoms with Gasteiger partial charge in [-0.1, -0.05) is 36.1 Å². The molecule has 2 aromatic rings. The third-order valence-electron chi connectivity index (χ3n) is 3.26. The van der Waals surface area contributed by atoms with Crippen LogP contribution in [0.4, 0.5) is 10.8 Å². The van der Waals surface area contributed by atoms with Crippen LogP contribution in [0, 0.1) is 13.8 Å². The van der Waals surface area contributed by atoms with Crippen LogP contribution in [0.3, 0.4) is 0 Å². The Morgan fingerprint density at radius 1 is 1.23 bits per heavy atom. The van der Waals surface area contributed by atoms with E-state index in [9.17, 15) is 13.2 Å². The zero-order valence-corrected chi connectivity index (χ0v) is 17.6. The lowest BCUT2D eigenvalue weighted by atomic mass is 10.1. The number of amides is 1. The number of rotatable bonds is 8. The molecule has 0 aliphatic carbocycles. The Bertz CT molecular complexity index is 860. The van der Waals surface area contributed by atoms with E-state index in [1.807, 2.05) is 19.9 Å². The molecular weight excluding hydrogens is 392 g/mol. The van der Waals surface area contributed by atoms with Crippen molar-refractivity contribution in [2.75, 3.05) is 28.2 Å². The van der Waals surface area contributed by atoms with Gasteiger partial charge in [-0.05, 0) is 43.5 Å². The lowest BCUT2D eigenvalue weighted by molar-refractivity contribution is -0.114. The minimum absolute atomic E-state index is 0.321. The first-order chi connectivity index (χ1) is 12.2. The van der Waals surface area contributed by atoms with Crippen LogP contribution in [-0.2, 0) is 14.8 Å². The number of nitrogens with zero attached hydrogens (tertiary/aromatic N) is 3. The van der Waals surface area contributed by atoms with Crippen molar-refractivity contribution in [3.63, 3.8) is 0 Å². The van der Waals surface area contributed by atoms with E-state index < -0.39 is 15.9 Å². The van der Waals surface area contributed by atoms with Crippen LogP contribution in [0.15, 0.2) is 22.5 Å². The number of carbonyl (C=O) groups is 1. The molecule has 142 valence electrons. The number of aryl methyl sites for hydroxylation is 2. The van der Waals surface area contributed by atoms with Gasteiger partial charge >= 0.3 is 0 Å². The first kappa shape index (κ1) is 20.7. The van der Waals surface area contributed by atoms with E-state index in [-0.39, 0.29) is 6.54 Å². The highest BCUT2D eigenvalue weighted by Gasteiger charge is 2.22. The van der Waals surface area contributed by atoms with Crippen LogP contribution < -0.4 is 9.62 Å². The standard InChI is InChI=1S/C16H22N4O3S3/c1-5-6-24-16-19-18-15(25-16)17-14(21)10-20(26(4,22)23)13-8-11(2)7-12(3)9-13/h7-9H,5-6,10H2,1-4H3,(H,17,18,21). The summed E-state index contributed by atoms with van der Waals surface area (Å²) in [7, 11) is -3.61. The van der Waals surface area contributed by atoms with Crippen molar-refractivity contribution in [2.24, 2.45) is 0 Å². The number of carbonyl (C=O) groups excluding carboxylic acids is 1. The van der Waals surface area contributed by atoms with E-state index in [2.05, 4.69) is 22.4 Å². The molecule has 1 amide bonds. The van der Waals surface area contributed by atoms with Gasteiger partial charge in [0.05, 0.1) is 11.9 Å². The minimum Gasteiger partial charge on any atom is -0.299 e. The highest BCUT2D eigenvalue weighted by molar-refractivity contribution is 8.01. The Labute approximate surface area is 162 Å². The first-order valence-corrected chi connectivity index (χ1v) is 11.7. The first-order valence-electron chi connectivity index (χ1n) is 8.01. The highest BCUT2D eigenvalue weighted by Crippen LogP contribution is 2.26. The van der Waals surface area contributed by atoms with E-state index in [0.717, 1.165) is 38.2 Å². The molecule has 2 rings (SSSR count). The number of nitrogens with one attached hydrogen (secondary N) is 1. The van der Waals surface area contributed by atoms with Crippen LogP contribution in [0.2, 0.25) is 0 Å². The van der Waals surface area contributed by atoms with Crippen LogP contribution in [0.25, 0.3) is 0 Å². The molecule has 1 heterocycles. The van der Waals surface area contributed by atoms with Crippen molar-refractivity contribution in [2.45, 2.75) is 31.5 Å². The van der Waals surface area contributed by atoms with Crippen LogP contribution in [0.5, 0.6) is 0 Å². The SMILES string of the molecule is CCCSc1nnc(NC(=O)CN(c2cc(C)cc(C)c2)S(C)(=O)=O)s1. The lowest BCUT2D eigenvalue weighted by Gasteiger charge is -2.22. The summed E-state index contributed by atoms with van der Waals surface area (Å²) in [6.45, 7) is 5.52. The molecule has 1 N–H and O–H groups in total. The van der Waals surface area contributed by atoms with Crippen LogP contribution in [-0.4, -0.2) is 43.1 Å². The topological polar surface area (TPSA) is 92.3 Å². The van der Waals surface area contributed by atoms with Crippen molar-refractivity contribution in [1.29, 1.82) is 0 Å². The average molecular weight is 415 g/mol. The summed E-state index contributed by atoms with van der Waals surface area (Å²) >= 11 is 2.85. The Hall–Kier alpha value is -1.65. The molecule has 7 nitrogen and oxygen atoms in total. The van der Waals surface area contributed by atoms with Gasteiger partial charge in [0.25, 0.3) is 0 Å². The minimum atomic E-state index is -3.61. The monoisotopic (exact) mass is 414 g/mol. The van der Waals surface area contributed by atoms with E-state index in [0.29, 0.717) is 10.8 Å². The fraction of sp³-hybridized carbons (Fsp3) is 0.438. The molecule has 0 spiro atoms. The molecule has 0 aliphatic heterocycles. The number of hydrogen-bond acceptors (Lipinski definition) is 7. The molecule has 1 aromatic carbocycles. The number of hydrogen-bond donors (Lipinski definition) is 1. The molecule has 26 heavy (non-hydrogen) atoms. The molecular formula is C16H22N4O3S3. The third kappa shape index (κ3) is 5.96. The molecule has 1 aromatic heterocycles. The van der Waals surface area contributed by atoms with Gasteiger partial charge in [-0.3, -0.25) is 14.4 Å². The molecule has 0 saturated carbocycles. The Balaban J connectivity index is 2.13. The summed E-state index contributed by atoms with van der Waals surface area (Å²) in [6, 6.07) is 5.43. The van der Waals surface area contributed by atoms with Gasteiger partial charge in [0, 0.05) is 5.75 Å². The molecule has 0 saturated heterocycles. The maximum absolute atomic E-state index is 12.4.